The van der Waals surface area contributed by atoms with Crippen molar-refractivity contribution in [1.29, 1.82) is 5.26 Å². The van der Waals surface area contributed by atoms with Crippen LogP contribution in [0.1, 0.15) is 40.3 Å². The smallest absolute Gasteiger partial charge is 0.172 e. The summed E-state index contributed by atoms with van der Waals surface area (Å²) in [5.74, 6) is 0.713. The molecule has 4 heterocycles. The molecule has 4 aromatic rings. The number of fused-ring (bicyclic) bond motifs is 1. The first-order valence-corrected chi connectivity index (χ1v) is 13.1. The van der Waals surface area contributed by atoms with Crippen molar-refractivity contribution in [3.63, 3.8) is 0 Å². The molecular formula is C28H34Cl3N5OS. The molecule has 0 radical (unpaired) electrons. The van der Waals surface area contributed by atoms with Gasteiger partial charge >= 0.3 is 0 Å². The van der Waals surface area contributed by atoms with Crippen molar-refractivity contribution in [2.75, 3.05) is 27.2 Å². The highest BCUT2D eigenvalue weighted by Crippen LogP contribution is 2.33. The SMILES string of the molecule is CN(C)Cc1c(-c2ccccn2)ccc2c(CCC3CCN(Cc4ccc(C#N)s4)CC3)noc12.Cl.Cl.Cl. The highest BCUT2D eigenvalue weighted by molar-refractivity contribution is 7.12. The minimum Gasteiger partial charge on any atom is -0.356 e. The fourth-order valence-corrected chi connectivity index (χ4v) is 5.89. The molecule has 0 atom stereocenters. The summed E-state index contributed by atoms with van der Waals surface area (Å²) in [6.07, 6.45) is 6.33. The topological polar surface area (TPSA) is 69.2 Å². The van der Waals surface area contributed by atoms with Crippen molar-refractivity contribution in [3.8, 4) is 17.3 Å². The summed E-state index contributed by atoms with van der Waals surface area (Å²) < 4.78 is 5.94. The molecule has 10 heteroatoms. The maximum Gasteiger partial charge on any atom is 0.172 e. The number of aryl methyl sites for hydroxylation is 1. The number of nitriles is 1. The summed E-state index contributed by atoms with van der Waals surface area (Å²) in [7, 11) is 4.15. The van der Waals surface area contributed by atoms with Gasteiger partial charge in [0, 0.05) is 40.7 Å². The summed E-state index contributed by atoms with van der Waals surface area (Å²) in [4.78, 5) is 11.3. The summed E-state index contributed by atoms with van der Waals surface area (Å²) in [6.45, 7) is 3.96. The lowest BCUT2D eigenvalue weighted by Crippen LogP contribution is -2.33. The second-order valence-corrected chi connectivity index (χ2v) is 10.9. The Hall–Kier alpha value is -2.18. The molecule has 3 aromatic heterocycles. The lowest BCUT2D eigenvalue weighted by atomic mass is 9.90. The van der Waals surface area contributed by atoms with E-state index in [-0.39, 0.29) is 37.2 Å². The van der Waals surface area contributed by atoms with Gasteiger partial charge in [-0.25, -0.2) is 0 Å². The van der Waals surface area contributed by atoms with Crippen LogP contribution in [0.25, 0.3) is 22.2 Å². The molecule has 0 saturated carbocycles. The number of hydrogen-bond acceptors (Lipinski definition) is 7. The average Bonchev–Trinajstić information content (AvgIpc) is 3.51. The van der Waals surface area contributed by atoms with E-state index in [4.69, 9.17) is 9.78 Å². The number of thiophene rings is 1. The lowest BCUT2D eigenvalue weighted by molar-refractivity contribution is 0.173. The zero-order chi connectivity index (χ0) is 24.2. The van der Waals surface area contributed by atoms with E-state index in [0.29, 0.717) is 5.92 Å². The van der Waals surface area contributed by atoms with Gasteiger partial charge < -0.3 is 9.42 Å². The molecule has 0 unspecified atom stereocenters. The molecule has 0 aliphatic carbocycles. The Morgan fingerprint density at radius 2 is 1.87 bits per heavy atom. The van der Waals surface area contributed by atoms with E-state index in [1.807, 2.05) is 30.5 Å². The number of pyridine rings is 1. The molecule has 6 nitrogen and oxygen atoms in total. The van der Waals surface area contributed by atoms with Crippen molar-refractivity contribution in [3.05, 3.63) is 69.7 Å². The molecule has 1 aliphatic rings. The summed E-state index contributed by atoms with van der Waals surface area (Å²) in [5, 5.41) is 14.7. The molecule has 0 N–H and O–H groups in total. The number of halogens is 3. The van der Waals surface area contributed by atoms with Crippen LogP contribution < -0.4 is 0 Å². The van der Waals surface area contributed by atoms with Crippen molar-refractivity contribution in [1.82, 2.24) is 19.9 Å². The molecule has 38 heavy (non-hydrogen) atoms. The first kappa shape index (κ1) is 32.0. The van der Waals surface area contributed by atoms with Gasteiger partial charge in [0.25, 0.3) is 0 Å². The van der Waals surface area contributed by atoms with E-state index in [1.165, 1.54) is 17.7 Å². The van der Waals surface area contributed by atoms with Crippen molar-refractivity contribution in [2.45, 2.75) is 38.8 Å². The first-order valence-electron chi connectivity index (χ1n) is 12.3. The van der Waals surface area contributed by atoms with Crippen LogP contribution >= 0.6 is 48.6 Å². The number of nitrogens with zero attached hydrogens (tertiary/aromatic N) is 5. The zero-order valence-corrected chi connectivity index (χ0v) is 24.9. The highest BCUT2D eigenvalue weighted by Gasteiger charge is 2.22. The van der Waals surface area contributed by atoms with Gasteiger partial charge in [-0.3, -0.25) is 9.88 Å². The average molecular weight is 595 g/mol. The Kier molecular flexibility index (Phi) is 12.5. The third kappa shape index (κ3) is 7.47. The third-order valence-electron chi connectivity index (χ3n) is 6.88. The molecule has 0 amide bonds. The lowest BCUT2D eigenvalue weighted by Gasteiger charge is -2.31. The van der Waals surface area contributed by atoms with Crippen LogP contribution in [0.15, 0.2) is 53.2 Å². The minimum absolute atomic E-state index is 0. The zero-order valence-electron chi connectivity index (χ0n) is 21.6. The quantitative estimate of drug-likeness (QED) is 0.219. The highest BCUT2D eigenvalue weighted by atomic mass is 35.5. The van der Waals surface area contributed by atoms with Gasteiger partial charge in [-0.1, -0.05) is 17.3 Å². The fraction of sp³-hybridized carbons (Fsp3) is 0.393. The number of likely N-dealkylation sites (tertiary alicyclic amines) is 1. The van der Waals surface area contributed by atoms with Crippen LogP contribution in [0.5, 0.6) is 0 Å². The molecule has 5 rings (SSSR count). The normalized spacial score (nSPS) is 13.9. The molecule has 0 bridgehead atoms. The Bertz CT molecular complexity index is 1330. The summed E-state index contributed by atoms with van der Waals surface area (Å²) in [6, 6.07) is 16.6. The van der Waals surface area contributed by atoms with Gasteiger partial charge in [-0.15, -0.1) is 48.6 Å². The van der Waals surface area contributed by atoms with E-state index < -0.39 is 0 Å². The van der Waals surface area contributed by atoms with E-state index in [2.05, 4.69) is 58.3 Å². The number of rotatable bonds is 8. The fourth-order valence-electron chi connectivity index (χ4n) is 5.04. The molecule has 1 fully saturated rings. The van der Waals surface area contributed by atoms with E-state index in [1.54, 1.807) is 11.3 Å². The molecule has 1 aliphatic heterocycles. The second kappa shape index (κ2) is 14.8. The summed E-state index contributed by atoms with van der Waals surface area (Å²) in [5.41, 5.74) is 5.17. The Labute approximate surface area is 247 Å². The number of hydrogen-bond donors (Lipinski definition) is 0. The van der Waals surface area contributed by atoms with Gasteiger partial charge in [0.1, 0.15) is 10.9 Å². The minimum atomic E-state index is 0. The van der Waals surface area contributed by atoms with Crippen LogP contribution in [0.4, 0.5) is 0 Å². The maximum absolute atomic E-state index is 9.04. The molecule has 1 saturated heterocycles. The van der Waals surface area contributed by atoms with E-state index in [0.717, 1.165) is 77.4 Å². The number of piperidine rings is 1. The van der Waals surface area contributed by atoms with E-state index in [9.17, 15) is 0 Å². The number of benzene rings is 1. The monoisotopic (exact) mass is 593 g/mol. The first-order chi connectivity index (χ1) is 17.1. The summed E-state index contributed by atoms with van der Waals surface area (Å²) >= 11 is 1.61. The standard InChI is InChI=1S/C28H31N5OS.3ClH/c1-32(2)19-25-23(26-5-3-4-14-30-26)9-10-24-27(31-34-28(24)25)11-6-20-12-15-33(16-13-20)18-22-8-7-21(17-29)35-22;;;/h3-5,7-10,14,20H,6,11-13,15-16,18-19H2,1-2H3;3*1H. The van der Waals surface area contributed by atoms with Gasteiger partial charge in [0.15, 0.2) is 5.58 Å². The van der Waals surface area contributed by atoms with Crippen molar-refractivity contribution >= 4 is 59.5 Å². The Morgan fingerprint density at radius 1 is 1.08 bits per heavy atom. The van der Waals surface area contributed by atoms with Crippen LogP contribution in [-0.2, 0) is 19.5 Å². The van der Waals surface area contributed by atoms with Gasteiger partial charge in [0.2, 0.25) is 0 Å². The molecular weight excluding hydrogens is 561 g/mol. The van der Waals surface area contributed by atoms with Crippen molar-refractivity contribution in [2.24, 2.45) is 5.92 Å². The van der Waals surface area contributed by atoms with Crippen LogP contribution in [-0.4, -0.2) is 47.1 Å². The predicted octanol–water partition coefficient (Wildman–Crippen LogP) is 6.99. The van der Waals surface area contributed by atoms with E-state index >= 15 is 0 Å². The van der Waals surface area contributed by atoms with Crippen LogP contribution in [0.2, 0.25) is 0 Å². The largest absolute Gasteiger partial charge is 0.356 e. The van der Waals surface area contributed by atoms with Gasteiger partial charge in [-0.2, -0.15) is 5.26 Å². The van der Waals surface area contributed by atoms with Crippen LogP contribution in [0, 0.1) is 17.2 Å². The van der Waals surface area contributed by atoms with Crippen LogP contribution in [0.3, 0.4) is 0 Å². The Balaban J connectivity index is 0.00000169. The number of aromatic nitrogens is 2. The molecule has 1 aromatic carbocycles. The molecule has 0 spiro atoms. The van der Waals surface area contributed by atoms with Gasteiger partial charge in [0.05, 0.1) is 11.4 Å². The van der Waals surface area contributed by atoms with Crippen molar-refractivity contribution < 1.29 is 4.52 Å². The maximum atomic E-state index is 9.04. The van der Waals surface area contributed by atoms with Gasteiger partial charge in [-0.05, 0) is 89.1 Å². The second-order valence-electron chi connectivity index (χ2n) is 9.69. The Morgan fingerprint density at radius 3 is 2.53 bits per heavy atom. The third-order valence-corrected chi connectivity index (χ3v) is 7.86. The molecule has 204 valence electrons. The predicted molar refractivity (Wildman–Crippen MR) is 162 cm³/mol.